The fourth-order valence-electron chi connectivity index (χ4n) is 3.75. The monoisotopic (exact) mass is 422 g/mol. The Hall–Kier alpha value is -2.96. The van der Waals surface area contributed by atoms with E-state index in [0.717, 1.165) is 17.0 Å². The Kier molecular flexibility index (Phi) is 7.38. The van der Waals surface area contributed by atoms with Gasteiger partial charge in [0.2, 0.25) is 0 Å². The van der Waals surface area contributed by atoms with Gasteiger partial charge in [0.25, 0.3) is 11.8 Å². The molecule has 0 spiro atoms. The van der Waals surface area contributed by atoms with Gasteiger partial charge in [-0.15, -0.1) is 11.3 Å². The smallest absolute Gasteiger partial charge is 0.280 e. The van der Waals surface area contributed by atoms with Crippen molar-refractivity contribution in [2.24, 2.45) is 5.73 Å². The van der Waals surface area contributed by atoms with Crippen LogP contribution in [0.3, 0.4) is 0 Å². The van der Waals surface area contributed by atoms with E-state index in [2.05, 4.69) is 29.6 Å². The standard InChI is InChI=1S/C24H27N3O2S/c1-3-19-16(2)30-24(22(19)23(25)29)27-21(28)15-26-14-20(17-10-6-4-7-11-17)18-12-8-5-9-13-18/h4-13,20,26H,3,14-15H2,1-2H3,(H2,25,29)(H,27,28)/p+1. The van der Waals surface area contributed by atoms with Gasteiger partial charge < -0.3 is 16.4 Å². The van der Waals surface area contributed by atoms with Gasteiger partial charge in [0, 0.05) is 4.88 Å². The number of nitrogens with two attached hydrogens (primary N) is 2. The van der Waals surface area contributed by atoms with E-state index in [-0.39, 0.29) is 18.4 Å². The van der Waals surface area contributed by atoms with E-state index >= 15 is 0 Å². The zero-order valence-corrected chi connectivity index (χ0v) is 18.2. The minimum atomic E-state index is -0.497. The summed E-state index contributed by atoms with van der Waals surface area (Å²) in [6, 6.07) is 20.6. The first-order valence-electron chi connectivity index (χ1n) is 10.1. The molecule has 2 aromatic carbocycles. The van der Waals surface area contributed by atoms with Crippen LogP contribution in [0, 0.1) is 6.92 Å². The average molecular weight is 423 g/mol. The van der Waals surface area contributed by atoms with Crippen LogP contribution in [-0.4, -0.2) is 24.9 Å². The lowest BCUT2D eigenvalue weighted by Crippen LogP contribution is -2.87. The molecule has 0 unspecified atom stereocenters. The summed E-state index contributed by atoms with van der Waals surface area (Å²) in [5.74, 6) is -0.443. The highest BCUT2D eigenvalue weighted by Crippen LogP contribution is 2.33. The second-order valence-electron chi connectivity index (χ2n) is 7.21. The highest BCUT2D eigenvalue weighted by Gasteiger charge is 2.21. The Balaban J connectivity index is 1.66. The largest absolute Gasteiger partial charge is 0.365 e. The number of anilines is 1. The molecule has 0 fully saturated rings. The maximum atomic E-state index is 12.6. The molecule has 0 saturated heterocycles. The second-order valence-corrected chi connectivity index (χ2v) is 8.43. The number of primary amides is 1. The van der Waals surface area contributed by atoms with Crippen LogP contribution in [-0.2, 0) is 11.2 Å². The van der Waals surface area contributed by atoms with Gasteiger partial charge in [-0.05, 0) is 30.0 Å². The summed E-state index contributed by atoms with van der Waals surface area (Å²) in [6.45, 7) is 4.94. The highest BCUT2D eigenvalue weighted by atomic mass is 32.1. The predicted molar refractivity (Wildman–Crippen MR) is 122 cm³/mol. The van der Waals surface area contributed by atoms with Gasteiger partial charge in [0.1, 0.15) is 5.00 Å². The first-order chi connectivity index (χ1) is 14.5. The van der Waals surface area contributed by atoms with E-state index in [0.29, 0.717) is 17.0 Å². The second kappa shape index (κ2) is 10.2. The molecule has 0 bridgehead atoms. The molecule has 3 rings (SSSR count). The summed E-state index contributed by atoms with van der Waals surface area (Å²) in [7, 11) is 0. The number of rotatable bonds is 9. The molecule has 156 valence electrons. The van der Waals surface area contributed by atoms with Crippen LogP contribution in [0.4, 0.5) is 5.00 Å². The van der Waals surface area contributed by atoms with Crippen molar-refractivity contribution in [3.05, 3.63) is 87.8 Å². The third kappa shape index (κ3) is 5.14. The van der Waals surface area contributed by atoms with Crippen molar-refractivity contribution in [2.45, 2.75) is 26.2 Å². The zero-order chi connectivity index (χ0) is 21.5. The lowest BCUT2D eigenvalue weighted by atomic mass is 9.91. The number of carbonyl (C=O) groups is 2. The van der Waals surface area contributed by atoms with Crippen molar-refractivity contribution >= 4 is 28.2 Å². The number of hydrogen-bond acceptors (Lipinski definition) is 3. The van der Waals surface area contributed by atoms with Crippen molar-refractivity contribution in [1.82, 2.24) is 0 Å². The van der Waals surface area contributed by atoms with Crippen LogP contribution >= 0.6 is 11.3 Å². The Morgan fingerprint density at radius 2 is 1.60 bits per heavy atom. The molecular weight excluding hydrogens is 394 g/mol. The quantitative estimate of drug-likeness (QED) is 0.495. The van der Waals surface area contributed by atoms with Crippen LogP contribution < -0.4 is 16.4 Å². The van der Waals surface area contributed by atoms with E-state index in [1.165, 1.54) is 22.5 Å². The first-order valence-corrected chi connectivity index (χ1v) is 11.0. The fraction of sp³-hybridized carbons (Fsp3) is 0.250. The molecule has 2 amide bonds. The van der Waals surface area contributed by atoms with Gasteiger partial charge in [-0.1, -0.05) is 67.6 Å². The number of amides is 2. The lowest BCUT2D eigenvalue weighted by Gasteiger charge is -2.16. The van der Waals surface area contributed by atoms with Crippen molar-refractivity contribution < 1.29 is 14.9 Å². The lowest BCUT2D eigenvalue weighted by molar-refractivity contribution is -0.644. The summed E-state index contributed by atoms with van der Waals surface area (Å²) in [4.78, 5) is 25.5. The Labute approximate surface area is 181 Å². The van der Waals surface area contributed by atoms with Crippen molar-refractivity contribution in [2.75, 3.05) is 18.4 Å². The topological polar surface area (TPSA) is 88.8 Å². The Morgan fingerprint density at radius 3 is 2.10 bits per heavy atom. The minimum Gasteiger partial charge on any atom is -0.365 e. The normalized spacial score (nSPS) is 10.9. The van der Waals surface area contributed by atoms with Gasteiger partial charge in [-0.3, -0.25) is 9.59 Å². The van der Waals surface area contributed by atoms with Crippen molar-refractivity contribution in [3.63, 3.8) is 0 Å². The number of aryl methyl sites for hydroxylation is 1. The third-order valence-corrected chi connectivity index (χ3v) is 6.26. The molecule has 5 N–H and O–H groups in total. The summed E-state index contributed by atoms with van der Waals surface area (Å²) in [6.07, 6.45) is 0.707. The molecule has 5 nitrogen and oxygen atoms in total. The van der Waals surface area contributed by atoms with Crippen LogP contribution in [0.5, 0.6) is 0 Å². The maximum absolute atomic E-state index is 12.6. The Bertz CT molecular complexity index is 961. The van der Waals surface area contributed by atoms with Crippen molar-refractivity contribution in [1.29, 1.82) is 0 Å². The van der Waals surface area contributed by atoms with E-state index in [9.17, 15) is 9.59 Å². The SMILES string of the molecule is CCc1c(C)sc(NC(=O)C[NH2+]CC(c2ccccc2)c2ccccc2)c1C(N)=O. The van der Waals surface area contributed by atoms with E-state index < -0.39 is 5.91 Å². The van der Waals surface area contributed by atoms with Gasteiger partial charge in [0.05, 0.1) is 18.0 Å². The molecule has 0 radical (unpaired) electrons. The fourth-order valence-corrected chi connectivity index (χ4v) is 4.91. The molecule has 0 aliphatic heterocycles. The molecule has 0 atom stereocenters. The van der Waals surface area contributed by atoms with Gasteiger partial charge in [0.15, 0.2) is 6.54 Å². The predicted octanol–water partition coefficient (Wildman–Crippen LogP) is 3.05. The molecule has 1 heterocycles. The molecule has 3 aromatic rings. The zero-order valence-electron chi connectivity index (χ0n) is 17.4. The van der Waals surface area contributed by atoms with Crippen LogP contribution in [0.15, 0.2) is 60.7 Å². The van der Waals surface area contributed by atoms with Gasteiger partial charge >= 0.3 is 0 Å². The number of thiophene rings is 1. The number of carbonyl (C=O) groups excluding carboxylic acids is 2. The summed E-state index contributed by atoms with van der Waals surface area (Å²) in [5.41, 5.74) is 9.36. The van der Waals surface area contributed by atoms with Crippen molar-refractivity contribution in [3.8, 4) is 0 Å². The number of hydrogen-bond donors (Lipinski definition) is 3. The highest BCUT2D eigenvalue weighted by molar-refractivity contribution is 7.16. The Morgan fingerprint density at radius 1 is 1.03 bits per heavy atom. The summed E-state index contributed by atoms with van der Waals surface area (Å²) < 4.78 is 0. The van der Waals surface area contributed by atoms with Crippen LogP contribution in [0.2, 0.25) is 0 Å². The molecule has 0 aliphatic carbocycles. The number of nitrogens with one attached hydrogen (secondary N) is 1. The van der Waals surface area contributed by atoms with Gasteiger partial charge in [-0.25, -0.2) is 0 Å². The molecule has 0 aliphatic rings. The van der Waals surface area contributed by atoms with E-state index in [4.69, 9.17) is 5.73 Å². The number of benzene rings is 2. The van der Waals surface area contributed by atoms with Gasteiger partial charge in [-0.2, -0.15) is 0 Å². The molecular formula is C24H28N3O2S+. The molecule has 0 saturated carbocycles. The molecule has 6 heteroatoms. The third-order valence-electron chi connectivity index (χ3n) is 5.20. The molecule has 30 heavy (non-hydrogen) atoms. The average Bonchev–Trinajstić information content (AvgIpc) is 3.07. The van der Waals surface area contributed by atoms with Crippen LogP contribution in [0.25, 0.3) is 0 Å². The first kappa shape index (κ1) is 21.7. The van der Waals surface area contributed by atoms with Crippen LogP contribution in [0.1, 0.15) is 44.8 Å². The number of quaternary nitrogens is 1. The summed E-state index contributed by atoms with van der Waals surface area (Å²) in [5, 5.41) is 5.45. The maximum Gasteiger partial charge on any atom is 0.280 e. The van der Waals surface area contributed by atoms with E-state index in [1.807, 2.05) is 55.6 Å². The molecule has 1 aromatic heterocycles. The van der Waals surface area contributed by atoms with E-state index in [1.54, 1.807) is 0 Å². The summed E-state index contributed by atoms with van der Waals surface area (Å²) >= 11 is 1.41. The minimum absolute atomic E-state index is 0.138.